The van der Waals surface area contributed by atoms with Gasteiger partial charge in [0.1, 0.15) is 16.7 Å². The fourth-order valence-corrected chi connectivity index (χ4v) is 6.30. The van der Waals surface area contributed by atoms with Crippen LogP contribution in [0.3, 0.4) is 0 Å². The maximum atomic E-state index is 13.7. The molecule has 200 valence electrons. The average Bonchev–Trinajstić information content (AvgIpc) is 2.93. The van der Waals surface area contributed by atoms with Crippen LogP contribution >= 0.6 is 0 Å². The number of fused-ring (bicyclic) bond motifs is 1. The van der Waals surface area contributed by atoms with E-state index in [0.717, 1.165) is 11.1 Å². The van der Waals surface area contributed by atoms with E-state index in [2.05, 4.69) is 0 Å². The second kappa shape index (κ2) is 11.9. The van der Waals surface area contributed by atoms with Gasteiger partial charge in [-0.3, -0.25) is 4.79 Å². The molecule has 38 heavy (non-hydrogen) atoms. The molecule has 0 spiro atoms. The molecule has 0 fully saturated rings. The molecule has 0 bridgehead atoms. The molecule has 3 aromatic rings. The van der Waals surface area contributed by atoms with Gasteiger partial charge in [-0.15, -0.1) is 0 Å². The minimum absolute atomic E-state index is 0.0450. The van der Waals surface area contributed by atoms with E-state index in [4.69, 9.17) is 4.74 Å². The summed E-state index contributed by atoms with van der Waals surface area (Å²) in [6.45, 7) is 3.69. The third-order valence-electron chi connectivity index (χ3n) is 6.78. The lowest BCUT2D eigenvalue weighted by atomic mass is 10.0. The normalized spacial score (nSPS) is 20.1. The van der Waals surface area contributed by atoms with E-state index in [9.17, 15) is 18.3 Å². The summed E-state index contributed by atoms with van der Waals surface area (Å²) in [6, 6.07) is 23.2. The number of rotatable bonds is 7. The van der Waals surface area contributed by atoms with Crippen molar-refractivity contribution in [1.82, 2.24) is 9.21 Å². The molecule has 1 aliphatic heterocycles. The van der Waals surface area contributed by atoms with Crippen molar-refractivity contribution < 1.29 is 23.1 Å². The zero-order chi connectivity index (χ0) is 27.3. The Morgan fingerprint density at radius 3 is 2.34 bits per heavy atom. The van der Waals surface area contributed by atoms with Crippen LogP contribution in [0, 0.1) is 5.92 Å². The van der Waals surface area contributed by atoms with Crippen molar-refractivity contribution in [3.63, 3.8) is 0 Å². The summed E-state index contributed by atoms with van der Waals surface area (Å²) in [7, 11) is -2.22. The number of sulfonamides is 1. The summed E-state index contributed by atoms with van der Waals surface area (Å²) in [5.74, 6) is -0.176. The van der Waals surface area contributed by atoms with Gasteiger partial charge in [0.25, 0.3) is 5.91 Å². The largest absolute Gasteiger partial charge is 0.487 e. The van der Waals surface area contributed by atoms with E-state index in [1.807, 2.05) is 67.6 Å². The molecule has 4 rings (SSSR count). The number of carbonyl (C=O) groups is 1. The first-order chi connectivity index (χ1) is 18.2. The number of hydrogen-bond donors (Lipinski definition) is 1. The SMILES string of the molecule is C[C@H]1CN([C@@H](C)CO)S(=O)(=O)c2ccc(/C=C/c3ccccc3)cc2O[C@H]1CN(C)C(=O)c1ccccc1. The lowest BCUT2D eigenvalue weighted by molar-refractivity contribution is 0.0563. The van der Waals surface area contributed by atoms with Gasteiger partial charge in [-0.25, -0.2) is 8.42 Å². The van der Waals surface area contributed by atoms with E-state index < -0.39 is 22.2 Å². The van der Waals surface area contributed by atoms with Gasteiger partial charge in [-0.2, -0.15) is 4.31 Å². The first-order valence-corrected chi connectivity index (χ1v) is 14.1. The van der Waals surface area contributed by atoms with Crippen LogP contribution in [0.1, 0.15) is 35.3 Å². The molecule has 0 saturated carbocycles. The van der Waals surface area contributed by atoms with Gasteiger partial charge in [0, 0.05) is 31.1 Å². The molecule has 0 radical (unpaired) electrons. The number of ether oxygens (including phenoxy) is 1. The summed E-state index contributed by atoms with van der Waals surface area (Å²) in [5.41, 5.74) is 2.37. The van der Waals surface area contributed by atoms with Gasteiger partial charge in [-0.1, -0.05) is 73.7 Å². The number of amides is 1. The fourth-order valence-electron chi connectivity index (χ4n) is 4.47. The average molecular weight is 535 g/mol. The Bertz CT molecular complexity index is 1380. The molecular formula is C30H34N2O5S. The predicted molar refractivity (Wildman–Crippen MR) is 149 cm³/mol. The molecule has 1 N–H and O–H groups in total. The number of nitrogens with zero attached hydrogens (tertiary/aromatic N) is 2. The molecule has 3 atom stereocenters. The molecule has 0 saturated heterocycles. The highest BCUT2D eigenvalue weighted by atomic mass is 32.2. The van der Waals surface area contributed by atoms with E-state index in [-0.39, 0.29) is 42.2 Å². The molecule has 3 aromatic carbocycles. The number of aliphatic hydroxyl groups excluding tert-OH is 1. The van der Waals surface area contributed by atoms with Crippen LogP contribution < -0.4 is 4.74 Å². The maximum absolute atomic E-state index is 13.7. The molecule has 0 aromatic heterocycles. The first-order valence-electron chi connectivity index (χ1n) is 12.7. The van der Waals surface area contributed by atoms with Crippen LogP contribution in [0.4, 0.5) is 0 Å². The van der Waals surface area contributed by atoms with Crippen molar-refractivity contribution in [2.45, 2.75) is 30.9 Å². The molecule has 0 aliphatic carbocycles. The van der Waals surface area contributed by atoms with Crippen LogP contribution in [0.2, 0.25) is 0 Å². The number of hydrogen-bond acceptors (Lipinski definition) is 5. The molecule has 8 heteroatoms. The lowest BCUT2D eigenvalue weighted by Gasteiger charge is -2.37. The standard InChI is InChI=1S/C30H34N2O5S/c1-22-19-32(23(2)21-33)38(35,36)29-17-16-25(15-14-24-10-6-4-7-11-24)18-27(29)37-28(22)20-31(3)30(34)26-12-8-5-9-13-26/h4-18,22-23,28,33H,19-21H2,1-3H3/b15-14+/t22-,23-,28-/m0/s1. The number of benzene rings is 3. The third kappa shape index (κ3) is 6.15. The van der Waals surface area contributed by atoms with Crippen LogP contribution in [-0.2, 0) is 10.0 Å². The summed E-state index contributed by atoms with van der Waals surface area (Å²) in [4.78, 5) is 14.7. The van der Waals surface area contributed by atoms with E-state index in [1.165, 1.54) is 4.31 Å². The minimum Gasteiger partial charge on any atom is -0.487 e. The van der Waals surface area contributed by atoms with Crippen LogP contribution in [0.15, 0.2) is 83.8 Å². The molecule has 1 heterocycles. The Hall–Kier alpha value is -3.46. The maximum Gasteiger partial charge on any atom is 0.253 e. The van der Waals surface area contributed by atoms with Crippen molar-refractivity contribution in [2.24, 2.45) is 5.92 Å². The number of aliphatic hydroxyl groups is 1. The molecule has 7 nitrogen and oxygen atoms in total. The van der Waals surface area contributed by atoms with Gasteiger partial charge < -0.3 is 14.7 Å². The Labute approximate surface area is 225 Å². The lowest BCUT2D eigenvalue weighted by Crippen LogP contribution is -2.50. The quantitative estimate of drug-likeness (QED) is 0.454. The highest BCUT2D eigenvalue weighted by Crippen LogP contribution is 2.34. The Morgan fingerprint density at radius 2 is 1.68 bits per heavy atom. The zero-order valence-corrected chi connectivity index (χ0v) is 22.7. The minimum atomic E-state index is -3.94. The van der Waals surface area contributed by atoms with Gasteiger partial charge in [0.05, 0.1) is 13.2 Å². The van der Waals surface area contributed by atoms with Crippen molar-refractivity contribution in [2.75, 3.05) is 26.7 Å². The van der Waals surface area contributed by atoms with Crippen molar-refractivity contribution in [3.8, 4) is 5.75 Å². The number of likely N-dealkylation sites (N-methyl/N-ethyl adjacent to an activating group) is 1. The molecule has 1 amide bonds. The van der Waals surface area contributed by atoms with Gasteiger partial charge in [0.15, 0.2) is 0 Å². The van der Waals surface area contributed by atoms with Crippen molar-refractivity contribution in [1.29, 1.82) is 0 Å². The highest BCUT2D eigenvalue weighted by molar-refractivity contribution is 7.89. The van der Waals surface area contributed by atoms with E-state index >= 15 is 0 Å². The van der Waals surface area contributed by atoms with Crippen molar-refractivity contribution >= 4 is 28.1 Å². The zero-order valence-electron chi connectivity index (χ0n) is 21.9. The topological polar surface area (TPSA) is 87.2 Å². The van der Waals surface area contributed by atoms with E-state index in [1.54, 1.807) is 49.2 Å². The van der Waals surface area contributed by atoms with Gasteiger partial charge in [-0.05, 0) is 42.3 Å². The second-order valence-corrected chi connectivity index (χ2v) is 11.6. The summed E-state index contributed by atoms with van der Waals surface area (Å²) in [6.07, 6.45) is 3.37. The molecular weight excluding hydrogens is 500 g/mol. The highest BCUT2D eigenvalue weighted by Gasteiger charge is 2.38. The molecule has 0 unspecified atom stereocenters. The summed E-state index contributed by atoms with van der Waals surface area (Å²) >= 11 is 0. The van der Waals surface area contributed by atoms with E-state index in [0.29, 0.717) is 5.56 Å². The predicted octanol–water partition coefficient (Wildman–Crippen LogP) is 4.40. The van der Waals surface area contributed by atoms with Crippen molar-refractivity contribution in [3.05, 3.63) is 95.6 Å². The van der Waals surface area contributed by atoms with Crippen LogP contribution in [0.25, 0.3) is 12.2 Å². The molecule has 1 aliphatic rings. The Balaban J connectivity index is 1.70. The fraction of sp³-hybridized carbons (Fsp3) is 0.300. The van der Waals surface area contributed by atoms with Crippen LogP contribution in [0.5, 0.6) is 5.75 Å². The summed E-state index contributed by atoms with van der Waals surface area (Å²) in [5, 5.41) is 9.85. The van der Waals surface area contributed by atoms with Gasteiger partial charge in [0.2, 0.25) is 10.0 Å². The summed E-state index contributed by atoms with van der Waals surface area (Å²) < 4.78 is 35.1. The number of carbonyl (C=O) groups excluding carboxylic acids is 1. The monoisotopic (exact) mass is 534 g/mol. The first kappa shape index (κ1) is 27.6. The third-order valence-corrected chi connectivity index (χ3v) is 8.80. The Kier molecular flexibility index (Phi) is 8.66. The smallest absolute Gasteiger partial charge is 0.253 e. The second-order valence-electron chi connectivity index (χ2n) is 9.74. The van der Waals surface area contributed by atoms with Gasteiger partial charge >= 0.3 is 0 Å². The Morgan fingerprint density at radius 1 is 1.05 bits per heavy atom. The van der Waals surface area contributed by atoms with Crippen LogP contribution in [-0.4, -0.2) is 67.5 Å².